The van der Waals surface area contributed by atoms with Crippen LogP contribution in [0.1, 0.15) is 18.3 Å². The molecule has 100 valence electrons. The highest BCUT2D eigenvalue weighted by Gasteiger charge is 2.05. The fourth-order valence-electron chi connectivity index (χ4n) is 1.91. The summed E-state index contributed by atoms with van der Waals surface area (Å²) in [5.41, 5.74) is 8.64. The second kappa shape index (κ2) is 6.68. The molecule has 2 aromatic rings. The first kappa shape index (κ1) is 14.0. The van der Waals surface area contributed by atoms with Gasteiger partial charge < -0.3 is 5.73 Å². The Morgan fingerprint density at radius 3 is 2.53 bits per heavy atom. The highest BCUT2D eigenvalue weighted by molar-refractivity contribution is 7.99. The van der Waals surface area contributed by atoms with Gasteiger partial charge >= 0.3 is 0 Å². The van der Waals surface area contributed by atoms with Crippen LogP contribution >= 0.6 is 11.8 Å². The first-order valence-corrected chi connectivity index (χ1v) is 7.49. The van der Waals surface area contributed by atoms with Crippen molar-refractivity contribution in [3.05, 3.63) is 41.7 Å². The molecule has 1 aromatic heterocycles. The summed E-state index contributed by atoms with van der Waals surface area (Å²) in [5, 5.41) is 0. The van der Waals surface area contributed by atoms with E-state index in [1.165, 1.54) is 4.90 Å². The summed E-state index contributed by atoms with van der Waals surface area (Å²) in [6.45, 7) is 4.76. The number of benzene rings is 1. The van der Waals surface area contributed by atoms with Crippen LogP contribution in [0.4, 0.5) is 0 Å². The molecule has 2 rings (SSSR count). The standard InChI is InChI=1S/C15H19N3S/c1-3-19-14-6-4-12(5-7-14)15-17-11(2)10-13(18-15)8-9-16/h4-7,10H,3,8-9,16H2,1-2H3. The molecule has 0 fully saturated rings. The summed E-state index contributed by atoms with van der Waals surface area (Å²) in [5.74, 6) is 1.87. The van der Waals surface area contributed by atoms with Gasteiger partial charge in [0.1, 0.15) is 0 Å². The zero-order valence-electron chi connectivity index (χ0n) is 11.4. The third-order valence-corrected chi connectivity index (χ3v) is 3.63. The topological polar surface area (TPSA) is 51.8 Å². The van der Waals surface area contributed by atoms with E-state index < -0.39 is 0 Å². The van der Waals surface area contributed by atoms with E-state index in [1.807, 2.05) is 24.8 Å². The van der Waals surface area contributed by atoms with Gasteiger partial charge in [-0.05, 0) is 37.4 Å². The number of aromatic nitrogens is 2. The van der Waals surface area contributed by atoms with Gasteiger partial charge in [0.15, 0.2) is 5.82 Å². The molecular weight excluding hydrogens is 254 g/mol. The smallest absolute Gasteiger partial charge is 0.159 e. The van der Waals surface area contributed by atoms with Crippen LogP contribution in [0.3, 0.4) is 0 Å². The Morgan fingerprint density at radius 1 is 1.16 bits per heavy atom. The SMILES string of the molecule is CCSc1ccc(-c2nc(C)cc(CCN)n2)cc1. The zero-order valence-corrected chi connectivity index (χ0v) is 12.2. The van der Waals surface area contributed by atoms with Crippen LogP contribution in [0.25, 0.3) is 11.4 Å². The second-order valence-electron chi connectivity index (χ2n) is 4.32. The first-order valence-electron chi connectivity index (χ1n) is 6.50. The summed E-state index contributed by atoms with van der Waals surface area (Å²) in [6.07, 6.45) is 0.792. The van der Waals surface area contributed by atoms with Gasteiger partial charge in [-0.15, -0.1) is 11.8 Å². The van der Waals surface area contributed by atoms with Crippen molar-refractivity contribution in [3.63, 3.8) is 0 Å². The molecule has 0 aliphatic carbocycles. The fourth-order valence-corrected chi connectivity index (χ4v) is 2.57. The van der Waals surface area contributed by atoms with Gasteiger partial charge in [-0.1, -0.05) is 19.1 Å². The van der Waals surface area contributed by atoms with Crippen molar-refractivity contribution in [2.45, 2.75) is 25.2 Å². The molecule has 0 aliphatic heterocycles. The Kier molecular flexibility index (Phi) is 4.93. The molecule has 1 heterocycles. The van der Waals surface area contributed by atoms with E-state index >= 15 is 0 Å². The summed E-state index contributed by atoms with van der Waals surface area (Å²) in [4.78, 5) is 10.4. The van der Waals surface area contributed by atoms with Gasteiger partial charge in [-0.3, -0.25) is 0 Å². The molecule has 0 amide bonds. The number of hydrogen-bond donors (Lipinski definition) is 1. The Hall–Kier alpha value is -1.39. The average molecular weight is 273 g/mol. The van der Waals surface area contributed by atoms with Crippen molar-refractivity contribution < 1.29 is 0 Å². The van der Waals surface area contributed by atoms with E-state index in [0.29, 0.717) is 6.54 Å². The van der Waals surface area contributed by atoms with E-state index in [4.69, 9.17) is 5.73 Å². The maximum absolute atomic E-state index is 5.59. The van der Waals surface area contributed by atoms with E-state index in [2.05, 4.69) is 41.2 Å². The molecular formula is C15H19N3S. The molecule has 19 heavy (non-hydrogen) atoms. The lowest BCUT2D eigenvalue weighted by molar-refractivity contribution is 0.904. The van der Waals surface area contributed by atoms with Crippen molar-refractivity contribution in [2.24, 2.45) is 5.73 Å². The third-order valence-electron chi connectivity index (χ3n) is 2.73. The maximum Gasteiger partial charge on any atom is 0.159 e. The Morgan fingerprint density at radius 2 is 1.89 bits per heavy atom. The predicted octanol–water partition coefficient (Wildman–Crippen LogP) is 3.07. The lowest BCUT2D eigenvalue weighted by Crippen LogP contribution is -2.06. The highest BCUT2D eigenvalue weighted by atomic mass is 32.2. The lowest BCUT2D eigenvalue weighted by Gasteiger charge is -2.06. The van der Waals surface area contributed by atoms with Crippen LogP contribution in [0.5, 0.6) is 0 Å². The first-order chi connectivity index (χ1) is 9.22. The van der Waals surface area contributed by atoms with Gasteiger partial charge in [-0.2, -0.15) is 0 Å². The zero-order chi connectivity index (χ0) is 13.7. The number of hydrogen-bond acceptors (Lipinski definition) is 4. The molecule has 4 heteroatoms. The monoisotopic (exact) mass is 273 g/mol. The van der Waals surface area contributed by atoms with Gasteiger partial charge in [0.05, 0.1) is 0 Å². The summed E-state index contributed by atoms with van der Waals surface area (Å²) < 4.78 is 0. The van der Waals surface area contributed by atoms with E-state index in [0.717, 1.165) is 34.9 Å². The van der Waals surface area contributed by atoms with Crippen LogP contribution in [-0.2, 0) is 6.42 Å². The molecule has 0 atom stereocenters. The van der Waals surface area contributed by atoms with Crippen molar-refractivity contribution in [3.8, 4) is 11.4 Å². The normalized spacial score (nSPS) is 10.7. The van der Waals surface area contributed by atoms with E-state index in [1.54, 1.807) is 0 Å². The molecule has 0 saturated carbocycles. The van der Waals surface area contributed by atoms with Crippen LogP contribution < -0.4 is 5.73 Å². The Bertz CT molecular complexity index is 538. The number of nitrogens with two attached hydrogens (primary N) is 1. The average Bonchev–Trinajstić information content (AvgIpc) is 2.40. The van der Waals surface area contributed by atoms with Crippen LogP contribution in [0.2, 0.25) is 0 Å². The van der Waals surface area contributed by atoms with Crippen molar-refractivity contribution in [1.82, 2.24) is 9.97 Å². The molecule has 3 nitrogen and oxygen atoms in total. The van der Waals surface area contributed by atoms with Crippen molar-refractivity contribution in [1.29, 1.82) is 0 Å². The molecule has 0 radical (unpaired) electrons. The summed E-state index contributed by atoms with van der Waals surface area (Å²) >= 11 is 1.84. The second-order valence-corrected chi connectivity index (χ2v) is 5.66. The summed E-state index contributed by atoms with van der Waals surface area (Å²) in [7, 11) is 0. The van der Waals surface area contributed by atoms with Gasteiger partial charge in [0.2, 0.25) is 0 Å². The molecule has 0 aliphatic rings. The Labute approximate surface area is 118 Å². The van der Waals surface area contributed by atoms with Crippen LogP contribution in [0, 0.1) is 6.92 Å². The van der Waals surface area contributed by atoms with Gasteiger partial charge in [0.25, 0.3) is 0 Å². The number of thioether (sulfide) groups is 1. The van der Waals surface area contributed by atoms with Gasteiger partial charge in [-0.25, -0.2) is 9.97 Å². The molecule has 0 bridgehead atoms. The number of nitrogens with zero attached hydrogens (tertiary/aromatic N) is 2. The highest BCUT2D eigenvalue weighted by Crippen LogP contribution is 2.22. The predicted molar refractivity (Wildman–Crippen MR) is 81.4 cm³/mol. The minimum atomic E-state index is 0.613. The minimum Gasteiger partial charge on any atom is -0.330 e. The molecule has 0 unspecified atom stereocenters. The van der Waals surface area contributed by atoms with E-state index in [-0.39, 0.29) is 0 Å². The maximum atomic E-state index is 5.59. The largest absolute Gasteiger partial charge is 0.330 e. The number of aryl methyl sites for hydroxylation is 1. The van der Waals surface area contributed by atoms with Gasteiger partial charge in [0, 0.05) is 28.3 Å². The summed E-state index contributed by atoms with van der Waals surface area (Å²) in [6, 6.07) is 10.4. The molecule has 2 N–H and O–H groups in total. The number of rotatable bonds is 5. The molecule has 1 aromatic carbocycles. The van der Waals surface area contributed by atoms with Crippen molar-refractivity contribution in [2.75, 3.05) is 12.3 Å². The van der Waals surface area contributed by atoms with E-state index in [9.17, 15) is 0 Å². The minimum absolute atomic E-state index is 0.613. The van der Waals surface area contributed by atoms with Crippen molar-refractivity contribution >= 4 is 11.8 Å². The third kappa shape index (κ3) is 3.78. The quantitative estimate of drug-likeness (QED) is 0.851. The van der Waals surface area contributed by atoms with Crippen LogP contribution in [-0.4, -0.2) is 22.3 Å². The van der Waals surface area contributed by atoms with Crippen LogP contribution in [0.15, 0.2) is 35.2 Å². The molecule has 0 saturated heterocycles. The fraction of sp³-hybridized carbons (Fsp3) is 0.333. The molecule has 0 spiro atoms. The Balaban J connectivity index is 2.29. The lowest BCUT2D eigenvalue weighted by atomic mass is 10.2.